The van der Waals surface area contributed by atoms with Crippen LogP contribution in [-0.4, -0.2) is 51.6 Å². The fourth-order valence-electron chi connectivity index (χ4n) is 4.17. The molecule has 0 aliphatic carbocycles. The number of aryl methyl sites for hydroxylation is 1. The average molecular weight is 473 g/mol. The molecule has 2 amide bonds. The first kappa shape index (κ1) is 22.5. The number of carbonyl (C=O) groups excluding carboxylic acids is 1. The predicted octanol–water partition coefficient (Wildman–Crippen LogP) is 3.64. The third kappa shape index (κ3) is 4.70. The second kappa shape index (κ2) is 9.54. The Morgan fingerprint density at radius 2 is 1.74 bits per heavy atom. The van der Waals surface area contributed by atoms with Gasteiger partial charge in [-0.2, -0.15) is 0 Å². The molecule has 1 saturated heterocycles. The van der Waals surface area contributed by atoms with Gasteiger partial charge in [-0.15, -0.1) is 0 Å². The lowest BCUT2D eigenvalue weighted by atomic mass is 10.1. The number of hydrogen-bond acceptors (Lipinski definition) is 5. The molecule has 5 rings (SSSR count). The molecule has 0 atom stereocenters. The van der Waals surface area contributed by atoms with Crippen molar-refractivity contribution in [2.75, 3.05) is 36.4 Å². The van der Waals surface area contributed by atoms with Gasteiger partial charge in [0.2, 0.25) is 0 Å². The molecule has 2 aromatic heterocycles. The van der Waals surface area contributed by atoms with Crippen LogP contribution in [0.1, 0.15) is 11.1 Å². The standard InChI is InChI=1S/C26H25FN6O2/c1-18-8-10-19(11-9-18)17-33-23-22(7-4-12-28-23)29-24(25(33)34)31-13-15-32(16-14-31)26(35)30-21-6-3-2-5-20(21)27/h2-12H,13-17H2,1H3,(H,30,35). The Balaban J connectivity index is 1.37. The number of rotatable bonds is 4. The van der Waals surface area contributed by atoms with E-state index in [9.17, 15) is 14.0 Å². The number of urea groups is 1. The van der Waals surface area contributed by atoms with Crippen LogP contribution in [0.15, 0.2) is 71.7 Å². The van der Waals surface area contributed by atoms with Gasteiger partial charge in [-0.25, -0.2) is 19.2 Å². The van der Waals surface area contributed by atoms with Crippen LogP contribution in [0.3, 0.4) is 0 Å². The minimum atomic E-state index is -0.484. The van der Waals surface area contributed by atoms with Crippen LogP contribution in [0, 0.1) is 12.7 Å². The Morgan fingerprint density at radius 3 is 2.49 bits per heavy atom. The molecule has 1 fully saturated rings. The number of piperazine rings is 1. The van der Waals surface area contributed by atoms with Gasteiger partial charge in [0, 0.05) is 32.4 Å². The van der Waals surface area contributed by atoms with Crippen molar-refractivity contribution in [2.45, 2.75) is 13.5 Å². The SMILES string of the molecule is Cc1ccc(Cn2c(=O)c(N3CCN(C(=O)Nc4ccccc4F)CC3)nc3cccnc32)cc1. The molecule has 1 N–H and O–H groups in total. The van der Waals surface area contributed by atoms with Crippen molar-refractivity contribution < 1.29 is 9.18 Å². The topological polar surface area (TPSA) is 83.4 Å². The summed E-state index contributed by atoms with van der Waals surface area (Å²) in [5.74, 6) is -0.144. The molecule has 2 aromatic carbocycles. The number of benzene rings is 2. The molecule has 178 valence electrons. The van der Waals surface area contributed by atoms with Crippen LogP contribution in [0.2, 0.25) is 0 Å². The first-order chi connectivity index (χ1) is 17.0. The number of carbonyl (C=O) groups is 1. The Hall–Kier alpha value is -4.27. The van der Waals surface area contributed by atoms with Gasteiger partial charge >= 0.3 is 6.03 Å². The van der Waals surface area contributed by atoms with Gasteiger partial charge < -0.3 is 15.1 Å². The first-order valence-electron chi connectivity index (χ1n) is 11.5. The van der Waals surface area contributed by atoms with Crippen molar-refractivity contribution in [3.05, 3.63) is 94.2 Å². The van der Waals surface area contributed by atoms with Crippen molar-refractivity contribution >= 4 is 28.7 Å². The number of anilines is 2. The monoisotopic (exact) mass is 472 g/mol. The van der Waals surface area contributed by atoms with Gasteiger partial charge in [-0.05, 0) is 36.8 Å². The summed E-state index contributed by atoms with van der Waals surface area (Å²) in [6, 6.07) is 17.4. The molecule has 1 aliphatic rings. The zero-order chi connectivity index (χ0) is 24.4. The van der Waals surface area contributed by atoms with Crippen LogP contribution in [0.5, 0.6) is 0 Å². The molecule has 8 nitrogen and oxygen atoms in total. The summed E-state index contributed by atoms with van der Waals surface area (Å²) in [5.41, 5.74) is 3.23. The van der Waals surface area contributed by atoms with Gasteiger partial charge in [0.05, 0.1) is 12.2 Å². The van der Waals surface area contributed by atoms with Crippen LogP contribution in [0.25, 0.3) is 11.2 Å². The van der Waals surface area contributed by atoms with Crippen LogP contribution < -0.4 is 15.8 Å². The van der Waals surface area contributed by atoms with Gasteiger partial charge in [-0.1, -0.05) is 42.0 Å². The van der Waals surface area contributed by atoms with Crippen molar-refractivity contribution in [3.8, 4) is 0 Å². The highest BCUT2D eigenvalue weighted by molar-refractivity contribution is 5.89. The van der Waals surface area contributed by atoms with Gasteiger partial charge in [0.1, 0.15) is 11.3 Å². The van der Waals surface area contributed by atoms with E-state index in [0.29, 0.717) is 49.7 Å². The lowest BCUT2D eigenvalue weighted by Crippen LogP contribution is -2.51. The van der Waals surface area contributed by atoms with E-state index in [0.717, 1.165) is 11.1 Å². The third-order valence-electron chi connectivity index (χ3n) is 6.13. The minimum absolute atomic E-state index is 0.141. The molecule has 0 radical (unpaired) electrons. The zero-order valence-corrected chi connectivity index (χ0v) is 19.3. The van der Waals surface area contributed by atoms with E-state index in [4.69, 9.17) is 0 Å². The van der Waals surface area contributed by atoms with Crippen molar-refractivity contribution in [3.63, 3.8) is 0 Å². The van der Waals surface area contributed by atoms with E-state index in [-0.39, 0.29) is 17.3 Å². The number of nitrogens with one attached hydrogen (secondary N) is 1. The minimum Gasteiger partial charge on any atom is -0.348 e. The number of amides is 2. The second-order valence-electron chi connectivity index (χ2n) is 8.54. The fraction of sp³-hybridized carbons (Fsp3) is 0.231. The number of hydrogen-bond donors (Lipinski definition) is 1. The smallest absolute Gasteiger partial charge is 0.322 e. The summed E-state index contributed by atoms with van der Waals surface area (Å²) < 4.78 is 15.5. The van der Waals surface area contributed by atoms with E-state index in [1.54, 1.807) is 33.9 Å². The number of nitrogens with zero attached hydrogens (tertiary/aromatic N) is 5. The number of pyridine rings is 1. The summed E-state index contributed by atoms with van der Waals surface area (Å²) in [5, 5.41) is 2.61. The maximum atomic E-state index is 13.9. The molecular weight excluding hydrogens is 447 g/mol. The molecule has 35 heavy (non-hydrogen) atoms. The highest BCUT2D eigenvalue weighted by Gasteiger charge is 2.25. The van der Waals surface area contributed by atoms with Crippen molar-refractivity contribution in [1.82, 2.24) is 19.4 Å². The molecule has 9 heteroatoms. The van der Waals surface area contributed by atoms with Crippen molar-refractivity contribution in [2.24, 2.45) is 0 Å². The molecule has 1 aliphatic heterocycles. The lowest BCUT2D eigenvalue weighted by Gasteiger charge is -2.35. The largest absolute Gasteiger partial charge is 0.348 e. The maximum absolute atomic E-state index is 13.9. The summed E-state index contributed by atoms with van der Waals surface area (Å²) >= 11 is 0. The quantitative estimate of drug-likeness (QED) is 0.490. The zero-order valence-electron chi connectivity index (χ0n) is 19.3. The molecular formula is C26H25FN6O2. The molecule has 0 unspecified atom stereocenters. The Morgan fingerprint density at radius 1 is 1.00 bits per heavy atom. The molecule has 0 saturated carbocycles. The highest BCUT2D eigenvalue weighted by Crippen LogP contribution is 2.18. The summed E-state index contributed by atoms with van der Waals surface area (Å²) in [6.45, 7) is 4.03. The second-order valence-corrected chi connectivity index (χ2v) is 8.54. The van der Waals surface area contributed by atoms with Crippen LogP contribution >= 0.6 is 0 Å². The van der Waals surface area contributed by atoms with Crippen LogP contribution in [-0.2, 0) is 6.54 Å². The van der Waals surface area contributed by atoms with E-state index in [2.05, 4.69) is 15.3 Å². The molecule has 0 spiro atoms. The van der Waals surface area contributed by atoms with E-state index in [1.165, 1.54) is 12.1 Å². The predicted molar refractivity (Wildman–Crippen MR) is 133 cm³/mol. The third-order valence-corrected chi connectivity index (χ3v) is 6.13. The van der Waals surface area contributed by atoms with E-state index < -0.39 is 5.82 Å². The summed E-state index contributed by atoms with van der Waals surface area (Å²) in [7, 11) is 0. The summed E-state index contributed by atoms with van der Waals surface area (Å²) in [6.07, 6.45) is 1.65. The van der Waals surface area contributed by atoms with Gasteiger partial charge in [0.25, 0.3) is 5.56 Å². The van der Waals surface area contributed by atoms with E-state index >= 15 is 0 Å². The van der Waals surface area contributed by atoms with Crippen molar-refractivity contribution in [1.29, 1.82) is 0 Å². The normalized spacial score (nSPS) is 13.8. The van der Waals surface area contributed by atoms with E-state index in [1.807, 2.05) is 42.2 Å². The first-order valence-corrected chi connectivity index (χ1v) is 11.5. The molecule has 3 heterocycles. The Bertz CT molecular complexity index is 1430. The highest BCUT2D eigenvalue weighted by atomic mass is 19.1. The lowest BCUT2D eigenvalue weighted by molar-refractivity contribution is 0.208. The number of fused-ring (bicyclic) bond motifs is 1. The Labute approximate surface area is 201 Å². The number of para-hydroxylation sites is 1. The summed E-state index contributed by atoms with van der Waals surface area (Å²) in [4.78, 5) is 38.7. The molecule has 0 bridgehead atoms. The Kier molecular flexibility index (Phi) is 6.13. The van der Waals surface area contributed by atoms with Gasteiger partial charge in [0.15, 0.2) is 11.5 Å². The number of halogens is 1. The maximum Gasteiger partial charge on any atom is 0.322 e. The van der Waals surface area contributed by atoms with Gasteiger partial charge in [-0.3, -0.25) is 9.36 Å². The number of aromatic nitrogens is 3. The molecule has 4 aromatic rings. The fourth-order valence-corrected chi connectivity index (χ4v) is 4.17. The van der Waals surface area contributed by atoms with Crippen LogP contribution in [0.4, 0.5) is 20.7 Å². The average Bonchev–Trinajstić information content (AvgIpc) is 2.88.